The lowest BCUT2D eigenvalue weighted by Gasteiger charge is -2.21. The smallest absolute Gasteiger partial charge is 0.0165 e. The molecule has 0 fully saturated rings. The van der Waals surface area contributed by atoms with Gasteiger partial charge in [0.15, 0.2) is 0 Å². The van der Waals surface area contributed by atoms with E-state index < -0.39 is 0 Å². The minimum absolute atomic E-state index is 0.315. The van der Waals surface area contributed by atoms with Crippen LogP contribution in [0.4, 0.5) is 0 Å². The van der Waals surface area contributed by atoms with Gasteiger partial charge in [-0.25, -0.2) is 0 Å². The molecule has 0 amide bonds. The lowest BCUT2D eigenvalue weighted by molar-refractivity contribution is 0.294. The predicted octanol–water partition coefficient (Wildman–Crippen LogP) is 1.23. The van der Waals surface area contributed by atoms with Crippen molar-refractivity contribution in [3.63, 3.8) is 0 Å². The molecule has 0 aromatic carbocycles. The maximum atomic E-state index is 5.80. The SMILES string of the molecule is C=CCN(CC)CC(N)CC. The fourth-order valence-corrected chi connectivity index (χ4v) is 0.976. The normalized spacial score (nSPS) is 13.5. The first-order chi connectivity index (χ1) is 5.24. The van der Waals surface area contributed by atoms with Crippen LogP contribution in [0.25, 0.3) is 0 Å². The molecule has 0 aliphatic carbocycles. The number of hydrogen-bond acceptors (Lipinski definition) is 2. The largest absolute Gasteiger partial charge is 0.327 e. The summed E-state index contributed by atoms with van der Waals surface area (Å²) in [6, 6.07) is 0.315. The van der Waals surface area contributed by atoms with Gasteiger partial charge in [-0.3, -0.25) is 4.90 Å². The molecule has 0 aliphatic heterocycles. The van der Waals surface area contributed by atoms with Crippen molar-refractivity contribution in [2.24, 2.45) is 5.73 Å². The highest BCUT2D eigenvalue weighted by molar-refractivity contribution is 4.75. The van der Waals surface area contributed by atoms with Crippen LogP contribution in [0.1, 0.15) is 20.3 Å². The predicted molar refractivity (Wildman–Crippen MR) is 50.6 cm³/mol. The van der Waals surface area contributed by atoms with Gasteiger partial charge in [-0.1, -0.05) is 19.9 Å². The highest BCUT2D eigenvalue weighted by atomic mass is 15.1. The van der Waals surface area contributed by atoms with E-state index in [9.17, 15) is 0 Å². The summed E-state index contributed by atoms with van der Waals surface area (Å²) in [6.45, 7) is 11.0. The zero-order valence-electron chi connectivity index (χ0n) is 7.71. The second kappa shape index (κ2) is 6.38. The third-order valence-corrected chi connectivity index (χ3v) is 1.85. The molecular weight excluding hydrogens is 136 g/mol. The first-order valence-corrected chi connectivity index (χ1v) is 4.33. The summed E-state index contributed by atoms with van der Waals surface area (Å²) in [5, 5.41) is 0. The maximum absolute atomic E-state index is 5.80. The van der Waals surface area contributed by atoms with Crippen LogP contribution in [0, 0.1) is 0 Å². The van der Waals surface area contributed by atoms with Gasteiger partial charge in [0.05, 0.1) is 0 Å². The van der Waals surface area contributed by atoms with E-state index in [0.717, 1.165) is 26.1 Å². The summed E-state index contributed by atoms with van der Waals surface area (Å²) in [7, 11) is 0. The molecule has 0 aromatic rings. The molecule has 66 valence electrons. The van der Waals surface area contributed by atoms with Crippen molar-refractivity contribution in [2.75, 3.05) is 19.6 Å². The lowest BCUT2D eigenvalue weighted by Crippen LogP contribution is -2.37. The average molecular weight is 156 g/mol. The monoisotopic (exact) mass is 156 g/mol. The van der Waals surface area contributed by atoms with Crippen LogP contribution >= 0.6 is 0 Å². The Kier molecular flexibility index (Phi) is 6.18. The van der Waals surface area contributed by atoms with Crippen LogP contribution < -0.4 is 5.73 Å². The van der Waals surface area contributed by atoms with Crippen molar-refractivity contribution in [2.45, 2.75) is 26.3 Å². The molecule has 2 nitrogen and oxygen atoms in total. The van der Waals surface area contributed by atoms with Crippen molar-refractivity contribution in [3.8, 4) is 0 Å². The summed E-state index contributed by atoms with van der Waals surface area (Å²) in [4.78, 5) is 2.29. The zero-order valence-corrected chi connectivity index (χ0v) is 7.71. The van der Waals surface area contributed by atoms with Gasteiger partial charge in [-0.05, 0) is 13.0 Å². The van der Waals surface area contributed by atoms with E-state index in [0.29, 0.717) is 6.04 Å². The van der Waals surface area contributed by atoms with Crippen molar-refractivity contribution in [1.29, 1.82) is 0 Å². The minimum Gasteiger partial charge on any atom is -0.327 e. The Bertz CT molecular complexity index is 102. The third-order valence-electron chi connectivity index (χ3n) is 1.85. The van der Waals surface area contributed by atoms with Crippen molar-refractivity contribution in [3.05, 3.63) is 12.7 Å². The average Bonchev–Trinajstić information content (AvgIpc) is 2.03. The molecule has 11 heavy (non-hydrogen) atoms. The quantitative estimate of drug-likeness (QED) is 0.586. The van der Waals surface area contributed by atoms with E-state index in [4.69, 9.17) is 5.73 Å². The highest BCUT2D eigenvalue weighted by Crippen LogP contribution is 1.93. The van der Waals surface area contributed by atoms with E-state index in [1.54, 1.807) is 0 Å². The molecular formula is C9H20N2. The molecule has 2 N–H and O–H groups in total. The molecule has 0 spiro atoms. The molecule has 0 saturated heterocycles. The molecule has 0 bridgehead atoms. The van der Waals surface area contributed by atoms with E-state index >= 15 is 0 Å². The Morgan fingerprint density at radius 3 is 2.55 bits per heavy atom. The van der Waals surface area contributed by atoms with Crippen LogP contribution in [-0.4, -0.2) is 30.6 Å². The second-order valence-corrected chi connectivity index (χ2v) is 2.81. The summed E-state index contributed by atoms with van der Waals surface area (Å²) in [5.74, 6) is 0. The third kappa shape index (κ3) is 4.99. The number of nitrogens with zero attached hydrogens (tertiary/aromatic N) is 1. The van der Waals surface area contributed by atoms with E-state index in [-0.39, 0.29) is 0 Å². The number of hydrogen-bond donors (Lipinski definition) is 1. The Morgan fingerprint density at radius 1 is 1.55 bits per heavy atom. The number of nitrogens with two attached hydrogens (primary N) is 1. The molecule has 0 saturated carbocycles. The fourth-order valence-electron chi connectivity index (χ4n) is 0.976. The summed E-state index contributed by atoms with van der Waals surface area (Å²) in [6.07, 6.45) is 2.97. The van der Waals surface area contributed by atoms with Crippen LogP contribution in [0.2, 0.25) is 0 Å². The van der Waals surface area contributed by atoms with E-state index in [2.05, 4.69) is 25.3 Å². The first-order valence-electron chi connectivity index (χ1n) is 4.33. The van der Waals surface area contributed by atoms with E-state index in [1.807, 2.05) is 6.08 Å². The van der Waals surface area contributed by atoms with Gasteiger partial charge >= 0.3 is 0 Å². The second-order valence-electron chi connectivity index (χ2n) is 2.81. The number of likely N-dealkylation sites (N-methyl/N-ethyl adjacent to an activating group) is 1. The molecule has 0 heterocycles. The van der Waals surface area contributed by atoms with Gasteiger partial charge in [0, 0.05) is 19.1 Å². The van der Waals surface area contributed by atoms with Gasteiger partial charge in [-0.15, -0.1) is 6.58 Å². The fraction of sp³-hybridized carbons (Fsp3) is 0.778. The standard InChI is InChI=1S/C9H20N2/c1-4-7-11(6-3)8-9(10)5-2/h4,9H,1,5-8,10H2,2-3H3. The molecule has 0 rings (SSSR count). The first kappa shape index (κ1) is 10.7. The molecule has 0 aliphatic rings. The maximum Gasteiger partial charge on any atom is 0.0165 e. The van der Waals surface area contributed by atoms with Gasteiger partial charge in [0.25, 0.3) is 0 Å². The summed E-state index contributed by atoms with van der Waals surface area (Å²) < 4.78 is 0. The van der Waals surface area contributed by atoms with Crippen molar-refractivity contribution in [1.82, 2.24) is 4.90 Å². The molecule has 1 atom stereocenters. The van der Waals surface area contributed by atoms with Crippen LogP contribution in [-0.2, 0) is 0 Å². The Morgan fingerprint density at radius 2 is 2.18 bits per heavy atom. The van der Waals surface area contributed by atoms with Crippen molar-refractivity contribution >= 4 is 0 Å². The van der Waals surface area contributed by atoms with Crippen LogP contribution in [0.5, 0.6) is 0 Å². The Hall–Kier alpha value is -0.340. The zero-order chi connectivity index (χ0) is 8.69. The molecule has 0 radical (unpaired) electrons. The molecule has 0 aromatic heterocycles. The van der Waals surface area contributed by atoms with Gasteiger partial charge in [0.2, 0.25) is 0 Å². The van der Waals surface area contributed by atoms with Crippen LogP contribution in [0.3, 0.4) is 0 Å². The molecule has 2 heteroatoms. The summed E-state index contributed by atoms with van der Waals surface area (Å²) >= 11 is 0. The van der Waals surface area contributed by atoms with Gasteiger partial charge in [-0.2, -0.15) is 0 Å². The van der Waals surface area contributed by atoms with Gasteiger partial charge in [0.1, 0.15) is 0 Å². The minimum atomic E-state index is 0.315. The lowest BCUT2D eigenvalue weighted by atomic mass is 10.2. The van der Waals surface area contributed by atoms with Gasteiger partial charge < -0.3 is 5.73 Å². The Labute approximate surface area is 70.1 Å². The van der Waals surface area contributed by atoms with E-state index in [1.165, 1.54) is 0 Å². The topological polar surface area (TPSA) is 29.3 Å². The molecule has 1 unspecified atom stereocenters. The Balaban J connectivity index is 3.57. The van der Waals surface area contributed by atoms with Crippen molar-refractivity contribution < 1.29 is 0 Å². The highest BCUT2D eigenvalue weighted by Gasteiger charge is 2.04. The summed E-state index contributed by atoms with van der Waals surface area (Å²) in [5.41, 5.74) is 5.80. The number of rotatable bonds is 6. The van der Waals surface area contributed by atoms with Crippen LogP contribution in [0.15, 0.2) is 12.7 Å².